The minimum atomic E-state index is -0.731. The molecule has 2 atom stereocenters. The van der Waals surface area contributed by atoms with E-state index in [1.165, 1.54) is 0 Å². The number of methoxy groups -OCH3 is 1. The first kappa shape index (κ1) is 17.0. The Balaban J connectivity index is 2.62. The SMILES string of the molecule is CCOc1cccc(CNC(C)CCS(C)=O)c1OC. The predicted molar refractivity (Wildman–Crippen MR) is 84.0 cm³/mol. The summed E-state index contributed by atoms with van der Waals surface area (Å²) in [6.45, 7) is 5.39. The Kier molecular flexibility index (Phi) is 7.62. The Morgan fingerprint density at radius 1 is 1.40 bits per heavy atom. The quantitative estimate of drug-likeness (QED) is 0.760. The molecule has 0 fully saturated rings. The third-order valence-corrected chi connectivity index (χ3v) is 3.85. The maximum atomic E-state index is 11.1. The zero-order chi connectivity index (χ0) is 15.0. The van der Waals surface area contributed by atoms with Crippen LogP contribution in [-0.2, 0) is 17.3 Å². The number of para-hydroxylation sites is 1. The molecule has 1 aromatic rings. The molecule has 0 spiro atoms. The lowest BCUT2D eigenvalue weighted by Gasteiger charge is -2.17. The van der Waals surface area contributed by atoms with Crippen LogP contribution in [0.1, 0.15) is 25.8 Å². The van der Waals surface area contributed by atoms with Crippen molar-refractivity contribution in [3.63, 3.8) is 0 Å². The van der Waals surface area contributed by atoms with Crippen molar-refractivity contribution in [3.8, 4) is 11.5 Å². The van der Waals surface area contributed by atoms with Crippen molar-refractivity contribution < 1.29 is 13.7 Å². The van der Waals surface area contributed by atoms with Crippen LogP contribution in [-0.4, -0.2) is 36.0 Å². The van der Waals surface area contributed by atoms with E-state index in [0.717, 1.165) is 29.2 Å². The topological polar surface area (TPSA) is 47.6 Å². The van der Waals surface area contributed by atoms with Crippen LogP contribution < -0.4 is 14.8 Å². The summed E-state index contributed by atoms with van der Waals surface area (Å²) < 4.78 is 22.1. The van der Waals surface area contributed by atoms with Gasteiger partial charge in [-0.3, -0.25) is 4.21 Å². The van der Waals surface area contributed by atoms with E-state index in [-0.39, 0.29) is 0 Å². The number of ether oxygens (including phenoxy) is 2. The number of benzene rings is 1. The van der Waals surface area contributed by atoms with Crippen LogP contribution in [0.5, 0.6) is 11.5 Å². The van der Waals surface area contributed by atoms with E-state index in [2.05, 4.69) is 12.2 Å². The zero-order valence-electron chi connectivity index (χ0n) is 12.8. The molecular weight excluding hydrogens is 274 g/mol. The molecule has 0 aliphatic heterocycles. The fraction of sp³-hybridized carbons (Fsp3) is 0.600. The molecule has 0 aliphatic carbocycles. The Labute approximate surface area is 124 Å². The molecule has 0 bridgehead atoms. The molecule has 2 unspecified atom stereocenters. The Bertz CT molecular complexity index is 437. The second-order valence-corrected chi connectivity index (χ2v) is 6.28. The second kappa shape index (κ2) is 8.97. The van der Waals surface area contributed by atoms with Crippen molar-refractivity contribution in [1.82, 2.24) is 5.32 Å². The zero-order valence-corrected chi connectivity index (χ0v) is 13.6. The summed E-state index contributed by atoms with van der Waals surface area (Å²) in [5.41, 5.74) is 1.07. The van der Waals surface area contributed by atoms with Crippen molar-refractivity contribution in [2.45, 2.75) is 32.9 Å². The highest BCUT2D eigenvalue weighted by atomic mass is 32.2. The van der Waals surface area contributed by atoms with Gasteiger partial charge >= 0.3 is 0 Å². The maximum absolute atomic E-state index is 11.1. The molecule has 0 radical (unpaired) electrons. The van der Waals surface area contributed by atoms with E-state index >= 15 is 0 Å². The van der Waals surface area contributed by atoms with Gasteiger partial charge in [0.2, 0.25) is 0 Å². The lowest BCUT2D eigenvalue weighted by molar-refractivity contribution is 0.308. The van der Waals surface area contributed by atoms with E-state index < -0.39 is 10.8 Å². The van der Waals surface area contributed by atoms with Gasteiger partial charge in [-0.1, -0.05) is 12.1 Å². The first-order valence-electron chi connectivity index (χ1n) is 6.90. The molecule has 4 nitrogen and oxygen atoms in total. The van der Waals surface area contributed by atoms with Gasteiger partial charge in [-0.05, 0) is 26.3 Å². The highest BCUT2D eigenvalue weighted by Gasteiger charge is 2.11. The van der Waals surface area contributed by atoms with Crippen molar-refractivity contribution in [2.24, 2.45) is 0 Å². The summed E-state index contributed by atoms with van der Waals surface area (Å²) in [7, 11) is 0.926. The van der Waals surface area contributed by atoms with Gasteiger partial charge in [-0.15, -0.1) is 0 Å². The lowest BCUT2D eigenvalue weighted by atomic mass is 10.1. The van der Waals surface area contributed by atoms with Crippen LogP contribution in [0.15, 0.2) is 18.2 Å². The van der Waals surface area contributed by atoms with Gasteiger partial charge in [0.25, 0.3) is 0 Å². The van der Waals surface area contributed by atoms with E-state index in [1.807, 2.05) is 25.1 Å². The second-order valence-electron chi connectivity index (χ2n) is 4.73. The molecule has 20 heavy (non-hydrogen) atoms. The fourth-order valence-corrected chi connectivity index (χ4v) is 2.62. The molecule has 0 saturated heterocycles. The van der Waals surface area contributed by atoms with Crippen LogP contribution in [0.3, 0.4) is 0 Å². The normalized spacial score (nSPS) is 13.8. The molecule has 114 valence electrons. The van der Waals surface area contributed by atoms with Gasteiger partial charge in [-0.25, -0.2) is 0 Å². The molecule has 1 aromatic carbocycles. The molecule has 1 N–H and O–H groups in total. The van der Waals surface area contributed by atoms with Gasteiger partial charge in [0, 0.05) is 41.0 Å². The van der Waals surface area contributed by atoms with Crippen LogP contribution >= 0.6 is 0 Å². The minimum Gasteiger partial charge on any atom is -0.493 e. The van der Waals surface area contributed by atoms with Gasteiger partial charge < -0.3 is 14.8 Å². The number of rotatable bonds is 9. The molecule has 1 rings (SSSR count). The Hall–Kier alpha value is -1.07. The highest BCUT2D eigenvalue weighted by molar-refractivity contribution is 7.84. The van der Waals surface area contributed by atoms with Crippen molar-refractivity contribution in [2.75, 3.05) is 25.7 Å². The fourth-order valence-electron chi connectivity index (χ4n) is 1.93. The van der Waals surface area contributed by atoms with Crippen LogP contribution in [0, 0.1) is 0 Å². The van der Waals surface area contributed by atoms with Gasteiger partial charge in [0.05, 0.1) is 13.7 Å². The summed E-state index contributed by atoms with van der Waals surface area (Å²) in [5, 5.41) is 3.43. The maximum Gasteiger partial charge on any atom is 0.165 e. The molecule has 5 heteroatoms. The summed E-state index contributed by atoms with van der Waals surface area (Å²) >= 11 is 0. The monoisotopic (exact) mass is 299 g/mol. The van der Waals surface area contributed by atoms with Crippen molar-refractivity contribution in [1.29, 1.82) is 0 Å². The lowest BCUT2D eigenvalue weighted by Crippen LogP contribution is -2.27. The predicted octanol–water partition coefficient (Wildman–Crippen LogP) is 2.34. The average molecular weight is 299 g/mol. The van der Waals surface area contributed by atoms with Crippen LogP contribution in [0.2, 0.25) is 0 Å². The third kappa shape index (κ3) is 5.51. The largest absolute Gasteiger partial charge is 0.493 e. The summed E-state index contributed by atoms with van der Waals surface area (Å²) in [4.78, 5) is 0. The number of nitrogens with one attached hydrogen (secondary N) is 1. The van der Waals surface area contributed by atoms with Gasteiger partial charge in [0.15, 0.2) is 11.5 Å². The van der Waals surface area contributed by atoms with E-state index in [9.17, 15) is 4.21 Å². The average Bonchev–Trinajstić information content (AvgIpc) is 2.43. The standard InChI is InChI=1S/C15H25NO3S/c1-5-19-14-8-6-7-13(15(14)18-3)11-16-12(2)9-10-20(4)17/h6-8,12,16H,5,9-11H2,1-4H3. The van der Waals surface area contributed by atoms with Gasteiger partial charge in [-0.2, -0.15) is 0 Å². The first-order chi connectivity index (χ1) is 9.58. The summed E-state index contributed by atoms with van der Waals surface area (Å²) in [5.74, 6) is 2.29. The first-order valence-corrected chi connectivity index (χ1v) is 8.63. The van der Waals surface area contributed by atoms with E-state index in [4.69, 9.17) is 9.47 Å². The Morgan fingerprint density at radius 3 is 2.75 bits per heavy atom. The highest BCUT2D eigenvalue weighted by Crippen LogP contribution is 2.30. The Morgan fingerprint density at radius 2 is 2.15 bits per heavy atom. The van der Waals surface area contributed by atoms with Crippen LogP contribution in [0.25, 0.3) is 0 Å². The van der Waals surface area contributed by atoms with E-state index in [0.29, 0.717) is 19.2 Å². The molecule has 0 aromatic heterocycles. The molecular formula is C15H25NO3S. The van der Waals surface area contributed by atoms with Gasteiger partial charge in [0.1, 0.15) is 0 Å². The number of hydrogen-bond donors (Lipinski definition) is 1. The molecule has 0 saturated carbocycles. The molecule has 0 aliphatic rings. The summed E-state index contributed by atoms with van der Waals surface area (Å²) in [6, 6.07) is 6.23. The molecule has 0 amide bonds. The summed E-state index contributed by atoms with van der Waals surface area (Å²) in [6.07, 6.45) is 2.64. The minimum absolute atomic E-state index is 0.319. The third-order valence-electron chi connectivity index (χ3n) is 3.04. The van der Waals surface area contributed by atoms with E-state index in [1.54, 1.807) is 13.4 Å². The molecule has 0 heterocycles. The van der Waals surface area contributed by atoms with Crippen molar-refractivity contribution >= 4 is 10.8 Å². The van der Waals surface area contributed by atoms with Crippen molar-refractivity contribution in [3.05, 3.63) is 23.8 Å². The number of hydrogen-bond acceptors (Lipinski definition) is 4. The smallest absolute Gasteiger partial charge is 0.165 e. The van der Waals surface area contributed by atoms with Crippen LogP contribution in [0.4, 0.5) is 0 Å².